The summed E-state index contributed by atoms with van der Waals surface area (Å²) in [6.45, 7) is 4.35. The maximum Gasteiger partial charge on any atom is 0.321 e. The lowest BCUT2D eigenvalue weighted by Crippen LogP contribution is -2.40. The summed E-state index contributed by atoms with van der Waals surface area (Å²) in [5.74, 6) is -1.34. The van der Waals surface area contributed by atoms with Crippen LogP contribution in [0.5, 0.6) is 0 Å². The van der Waals surface area contributed by atoms with E-state index >= 15 is 0 Å². The number of rotatable bonds is 8. The maximum atomic E-state index is 12.2. The van der Waals surface area contributed by atoms with Crippen LogP contribution in [-0.4, -0.2) is 29.6 Å². The highest BCUT2D eigenvalue weighted by Gasteiger charge is 2.20. The van der Waals surface area contributed by atoms with Gasteiger partial charge in [-0.2, -0.15) is 0 Å². The van der Waals surface area contributed by atoms with Crippen molar-refractivity contribution in [3.05, 3.63) is 65.2 Å². The number of hydrogen-bond acceptors (Lipinski definition) is 3. The topological polar surface area (TPSA) is 78.4 Å². The Morgan fingerprint density at radius 2 is 1.80 bits per heavy atom. The van der Waals surface area contributed by atoms with E-state index in [-0.39, 0.29) is 12.3 Å². The maximum absolute atomic E-state index is 12.2. The van der Waals surface area contributed by atoms with E-state index in [1.54, 1.807) is 0 Å². The molecule has 25 heavy (non-hydrogen) atoms. The van der Waals surface area contributed by atoms with Gasteiger partial charge in [-0.25, -0.2) is 0 Å². The molecule has 0 aliphatic rings. The zero-order chi connectivity index (χ0) is 18.2. The highest BCUT2D eigenvalue weighted by Crippen LogP contribution is 2.16. The zero-order valence-electron chi connectivity index (χ0n) is 14.6. The molecule has 132 valence electrons. The molecule has 0 heterocycles. The zero-order valence-corrected chi connectivity index (χ0v) is 14.6. The predicted octanol–water partition coefficient (Wildman–Crippen LogP) is 2.92. The lowest BCUT2D eigenvalue weighted by Gasteiger charge is -2.15. The van der Waals surface area contributed by atoms with Gasteiger partial charge >= 0.3 is 5.97 Å². The summed E-state index contributed by atoms with van der Waals surface area (Å²) >= 11 is 0. The summed E-state index contributed by atoms with van der Waals surface area (Å²) < 4.78 is 0. The van der Waals surface area contributed by atoms with Gasteiger partial charge in [0, 0.05) is 5.69 Å². The van der Waals surface area contributed by atoms with Crippen LogP contribution >= 0.6 is 0 Å². The summed E-state index contributed by atoms with van der Waals surface area (Å²) in [6, 6.07) is 14.7. The lowest BCUT2D eigenvalue weighted by molar-refractivity contribution is -0.141. The van der Waals surface area contributed by atoms with Gasteiger partial charge in [-0.05, 0) is 49.6 Å². The summed E-state index contributed by atoms with van der Waals surface area (Å²) in [5.41, 5.74) is 3.83. The standard InChI is InChI=1S/C20H24N2O3/c1-14-8-9-15(2)17(12-14)22-19(23)13-18(20(24)25)21-11-10-16-6-4-3-5-7-16/h3-9,12,18,21H,10-11,13H2,1-2H3,(H,22,23)(H,24,25)/t18-/m1/s1. The third-order valence-electron chi connectivity index (χ3n) is 4.00. The van der Waals surface area contributed by atoms with Crippen LogP contribution in [-0.2, 0) is 16.0 Å². The Morgan fingerprint density at radius 1 is 1.08 bits per heavy atom. The van der Waals surface area contributed by atoms with E-state index in [2.05, 4.69) is 10.6 Å². The Hall–Kier alpha value is -2.66. The summed E-state index contributed by atoms with van der Waals surface area (Å²) in [6.07, 6.45) is 0.598. The minimum Gasteiger partial charge on any atom is -0.480 e. The van der Waals surface area contributed by atoms with Crippen LogP contribution in [0.15, 0.2) is 48.5 Å². The van der Waals surface area contributed by atoms with Crippen molar-refractivity contribution in [2.45, 2.75) is 32.7 Å². The molecule has 0 bridgehead atoms. The average molecular weight is 340 g/mol. The van der Waals surface area contributed by atoms with Gasteiger partial charge in [0.2, 0.25) is 5.91 Å². The van der Waals surface area contributed by atoms with Gasteiger partial charge in [-0.3, -0.25) is 9.59 Å². The molecule has 0 aliphatic carbocycles. The fourth-order valence-electron chi connectivity index (χ4n) is 2.54. The molecule has 1 amide bonds. The van der Waals surface area contributed by atoms with Crippen molar-refractivity contribution in [3.8, 4) is 0 Å². The number of nitrogens with one attached hydrogen (secondary N) is 2. The third kappa shape index (κ3) is 6.04. The highest BCUT2D eigenvalue weighted by molar-refractivity contribution is 5.94. The first-order chi connectivity index (χ1) is 12.0. The minimum absolute atomic E-state index is 0.114. The van der Waals surface area contributed by atoms with Crippen molar-refractivity contribution in [2.24, 2.45) is 0 Å². The molecule has 0 saturated heterocycles. The number of aryl methyl sites for hydroxylation is 2. The fraction of sp³-hybridized carbons (Fsp3) is 0.300. The number of hydrogen-bond donors (Lipinski definition) is 3. The van der Waals surface area contributed by atoms with Gasteiger partial charge in [0.1, 0.15) is 6.04 Å². The molecule has 0 fully saturated rings. The van der Waals surface area contributed by atoms with Gasteiger partial charge in [-0.1, -0.05) is 42.5 Å². The first-order valence-corrected chi connectivity index (χ1v) is 8.33. The van der Waals surface area contributed by atoms with E-state index in [1.807, 2.05) is 62.4 Å². The average Bonchev–Trinajstić information content (AvgIpc) is 2.58. The Morgan fingerprint density at radius 3 is 2.48 bits per heavy atom. The number of carboxylic acid groups (broad SMARTS) is 1. The Kier molecular flexibility index (Phi) is 6.71. The van der Waals surface area contributed by atoms with Crippen LogP contribution in [0.25, 0.3) is 0 Å². The molecule has 0 unspecified atom stereocenters. The van der Waals surface area contributed by atoms with Crippen molar-refractivity contribution in [3.63, 3.8) is 0 Å². The van der Waals surface area contributed by atoms with E-state index in [0.717, 1.165) is 22.4 Å². The SMILES string of the molecule is Cc1ccc(C)c(NC(=O)C[C@@H](NCCc2ccccc2)C(=O)O)c1. The minimum atomic E-state index is -1.02. The van der Waals surface area contributed by atoms with Crippen LogP contribution in [0, 0.1) is 13.8 Å². The van der Waals surface area contributed by atoms with Crippen LogP contribution in [0.2, 0.25) is 0 Å². The van der Waals surface area contributed by atoms with Crippen LogP contribution in [0.1, 0.15) is 23.1 Å². The Bertz CT molecular complexity index is 729. The number of carbonyl (C=O) groups is 2. The predicted molar refractivity (Wildman–Crippen MR) is 98.7 cm³/mol. The van der Waals surface area contributed by atoms with Gasteiger partial charge in [0.05, 0.1) is 6.42 Å². The second kappa shape index (κ2) is 8.99. The Labute approximate surface area is 148 Å². The third-order valence-corrected chi connectivity index (χ3v) is 4.00. The number of aliphatic carboxylic acids is 1. The molecule has 1 atom stereocenters. The monoisotopic (exact) mass is 340 g/mol. The molecule has 3 N–H and O–H groups in total. The fourth-order valence-corrected chi connectivity index (χ4v) is 2.54. The number of carboxylic acids is 1. The van der Waals surface area contributed by atoms with E-state index in [0.29, 0.717) is 13.0 Å². The molecule has 2 rings (SSSR count). The van der Waals surface area contributed by atoms with Gasteiger partial charge in [0.25, 0.3) is 0 Å². The van der Waals surface area contributed by atoms with E-state index in [9.17, 15) is 14.7 Å². The van der Waals surface area contributed by atoms with Crippen LogP contribution in [0.3, 0.4) is 0 Å². The second-order valence-electron chi connectivity index (χ2n) is 6.15. The summed E-state index contributed by atoms with van der Waals surface area (Å²) in [5, 5.41) is 15.1. The highest BCUT2D eigenvalue weighted by atomic mass is 16.4. The van der Waals surface area contributed by atoms with Crippen molar-refractivity contribution in [1.82, 2.24) is 5.32 Å². The molecular formula is C20H24N2O3. The largest absolute Gasteiger partial charge is 0.480 e. The number of anilines is 1. The van der Waals surface area contributed by atoms with E-state index in [4.69, 9.17) is 0 Å². The van der Waals surface area contributed by atoms with Crippen molar-refractivity contribution in [2.75, 3.05) is 11.9 Å². The van der Waals surface area contributed by atoms with Crippen molar-refractivity contribution >= 4 is 17.6 Å². The van der Waals surface area contributed by atoms with Crippen LogP contribution < -0.4 is 10.6 Å². The lowest BCUT2D eigenvalue weighted by atomic mass is 10.1. The van der Waals surface area contributed by atoms with Gasteiger partial charge in [-0.15, -0.1) is 0 Å². The van der Waals surface area contributed by atoms with Crippen LogP contribution in [0.4, 0.5) is 5.69 Å². The second-order valence-corrected chi connectivity index (χ2v) is 6.15. The molecule has 0 radical (unpaired) electrons. The smallest absolute Gasteiger partial charge is 0.321 e. The van der Waals surface area contributed by atoms with Gasteiger partial charge in [0.15, 0.2) is 0 Å². The summed E-state index contributed by atoms with van der Waals surface area (Å²) in [7, 11) is 0. The van der Waals surface area contributed by atoms with Crippen molar-refractivity contribution in [1.29, 1.82) is 0 Å². The first kappa shape index (κ1) is 18.7. The number of carbonyl (C=O) groups excluding carboxylic acids is 1. The molecule has 0 aromatic heterocycles. The molecular weight excluding hydrogens is 316 g/mol. The molecule has 0 aliphatic heterocycles. The molecule has 2 aromatic rings. The summed E-state index contributed by atoms with van der Waals surface area (Å²) in [4.78, 5) is 23.6. The number of benzene rings is 2. The van der Waals surface area contributed by atoms with Gasteiger partial charge < -0.3 is 15.7 Å². The molecule has 0 spiro atoms. The van der Waals surface area contributed by atoms with E-state index in [1.165, 1.54) is 0 Å². The quantitative estimate of drug-likeness (QED) is 0.690. The first-order valence-electron chi connectivity index (χ1n) is 8.33. The van der Waals surface area contributed by atoms with E-state index < -0.39 is 12.0 Å². The molecule has 0 saturated carbocycles. The van der Waals surface area contributed by atoms with Crippen molar-refractivity contribution < 1.29 is 14.7 Å². The molecule has 5 heteroatoms. The Balaban J connectivity index is 1.88. The molecule has 2 aromatic carbocycles. The normalized spacial score (nSPS) is 11.8. The number of amides is 1. The molecule has 5 nitrogen and oxygen atoms in total.